The van der Waals surface area contributed by atoms with Crippen molar-refractivity contribution in [3.8, 4) is 11.4 Å². The predicted octanol–water partition coefficient (Wildman–Crippen LogP) is 1.63. The monoisotopic (exact) mass is 430 g/mol. The number of hydrogen-bond donors (Lipinski definition) is 0. The molecule has 154 valence electrons. The zero-order chi connectivity index (χ0) is 22.1. The van der Waals surface area contributed by atoms with Crippen LogP contribution in [0.2, 0.25) is 0 Å². The number of aromatic nitrogens is 2. The molecule has 1 aromatic heterocycles. The van der Waals surface area contributed by atoms with Crippen LogP contribution in [0, 0.1) is 0 Å². The first kappa shape index (κ1) is 22.0. The average molecular weight is 430 g/mol. The Morgan fingerprint density at radius 2 is 1.97 bits per heavy atom. The summed E-state index contributed by atoms with van der Waals surface area (Å²) in [5.74, 6) is -0.622. The molecule has 3 rings (SSSR count). The zero-order valence-electron chi connectivity index (χ0n) is 16.7. The van der Waals surface area contributed by atoms with Gasteiger partial charge in [0.05, 0.1) is 29.3 Å². The van der Waals surface area contributed by atoms with Gasteiger partial charge in [-0.25, -0.2) is 13.9 Å². The molecule has 0 aliphatic heterocycles. The van der Waals surface area contributed by atoms with E-state index in [9.17, 15) is 18.4 Å². The van der Waals surface area contributed by atoms with Crippen LogP contribution < -0.4 is 10.2 Å². The molecule has 0 bridgehead atoms. The lowest BCUT2D eigenvalue weighted by Gasteiger charge is -2.18. The number of carbonyl (C=O) groups excluding carboxylic acids is 1. The molecule has 0 saturated carbocycles. The first-order valence-electron chi connectivity index (χ1n) is 9.26. The highest BCUT2D eigenvalue weighted by molar-refractivity contribution is 7.21. The normalized spacial score (nSPS) is 14.1. The highest BCUT2D eigenvalue weighted by Crippen LogP contribution is 2.27. The third kappa shape index (κ3) is 4.54. The summed E-state index contributed by atoms with van der Waals surface area (Å²) in [6.45, 7) is 1.66. The molecule has 0 radical (unpaired) electrons. The summed E-state index contributed by atoms with van der Waals surface area (Å²) in [6, 6.07) is 10.9. The highest BCUT2D eigenvalue weighted by Gasteiger charge is 2.23. The number of halogens is 2. The molecule has 0 amide bonds. The maximum atomic E-state index is 14.2. The third-order valence-corrected chi connectivity index (χ3v) is 4.36. The number of alkyl halides is 2. The second-order valence-corrected chi connectivity index (χ2v) is 7.78. The van der Waals surface area contributed by atoms with Crippen LogP contribution in [-0.2, 0) is 4.74 Å². The summed E-state index contributed by atoms with van der Waals surface area (Å²) in [5, 5.41) is 4.23. The van der Waals surface area contributed by atoms with Gasteiger partial charge in [-0.3, -0.25) is 9.18 Å². The number of ether oxygens (including phenoxy) is 2. The van der Waals surface area contributed by atoms with Gasteiger partial charge in [0, 0.05) is 0 Å². The maximum absolute atomic E-state index is 14.2. The summed E-state index contributed by atoms with van der Waals surface area (Å²) in [6.07, 6.45) is -1.44. The van der Waals surface area contributed by atoms with Crippen LogP contribution in [0.4, 0.5) is 8.78 Å². The molecule has 6 nitrogen and oxygen atoms in total. The van der Waals surface area contributed by atoms with Crippen LogP contribution in [0.25, 0.3) is 16.6 Å². The number of rotatable bonds is 6. The molecule has 1 heterocycles. The van der Waals surface area contributed by atoms with E-state index in [4.69, 9.17) is 9.47 Å². The average Bonchev–Trinajstić information content (AvgIpc) is 2.67. The Labute approximate surface area is 175 Å². The van der Waals surface area contributed by atoms with Crippen LogP contribution in [-0.4, -0.2) is 43.5 Å². The van der Waals surface area contributed by atoms with Gasteiger partial charge in [-0.2, -0.15) is 5.10 Å². The Bertz CT molecular complexity index is 1150. The van der Waals surface area contributed by atoms with Gasteiger partial charge in [0.2, 0.25) is 24.5 Å². The lowest BCUT2D eigenvalue weighted by molar-refractivity contribution is 0.0516. The van der Waals surface area contributed by atoms with Gasteiger partial charge >= 0.3 is 5.97 Å². The van der Waals surface area contributed by atoms with Crippen molar-refractivity contribution in [3.63, 3.8) is 0 Å². The Hall–Kier alpha value is -2.73. The molecule has 11 heteroatoms. The predicted molar refractivity (Wildman–Crippen MR) is 118 cm³/mol. The van der Waals surface area contributed by atoms with Gasteiger partial charge in [-0.15, -0.1) is 0 Å². The Balaban J connectivity index is 2.26. The van der Waals surface area contributed by atoms with Gasteiger partial charge in [-0.05, 0) is 42.8 Å². The second-order valence-electron chi connectivity index (χ2n) is 6.75. The summed E-state index contributed by atoms with van der Waals surface area (Å²) in [7, 11) is 4.49. The first-order valence-corrected chi connectivity index (χ1v) is 9.84. The molecule has 30 heavy (non-hydrogen) atoms. The van der Waals surface area contributed by atoms with Crippen LogP contribution >= 0.6 is 9.24 Å². The standard InChI is InChI=1S/C19H19B2F2N2O4P/c1-2-28-18(27)15-16(26)14-12(17(20)22)4-3-5-13(14)25(24-15)10-6-8-11(9-7-10)29-19(21,23)30/h3-9,17H,2,20-21,30H2,1H3. The quantitative estimate of drug-likeness (QED) is 0.338. The van der Waals surface area contributed by atoms with Gasteiger partial charge < -0.3 is 9.47 Å². The number of hydrogen-bond acceptors (Lipinski definition) is 5. The minimum absolute atomic E-state index is 0.0483. The first-order chi connectivity index (χ1) is 14.1. The van der Waals surface area contributed by atoms with Crippen LogP contribution in [0.5, 0.6) is 5.75 Å². The lowest BCUT2D eigenvalue weighted by atomic mass is 9.91. The van der Waals surface area contributed by atoms with E-state index >= 15 is 0 Å². The van der Waals surface area contributed by atoms with Gasteiger partial charge in [-0.1, -0.05) is 21.4 Å². The molecule has 0 aliphatic rings. The van der Waals surface area contributed by atoms with Crippen LogP contribution in [0.15, 0.2) is 47.3 Å². The molecule has 0 saturated heterocycles. The van der Waals surface area contributed by atoms with Gasteiger partial charge in [0.1, 0.15) is 5.75 Å². The third-order valence-electron chi connectivity index (χ3n) is 4.24. The van der Waals surface area contributed by atoms with E-state index < -0.39 is 28.7 Å². The maximum Gasteiger partial charge on any atom is 0.362 e. The fourth-order valence-electron chi connectivity index (χ4n) is 3.05. The number of nitrogens with zero attached hydrogens (tertiary/aromatic N) is 2. The smallest absolute Gasteiger partial charge is 0.362 e. The molecule has 2 aromatic carbocycles. The topological polar surface area (TPSA) is 70.4 Å². The number of benzene rings is 2. The fraction of sp³-hybridized carbons (Fsp3) is 0.211. The SMILES string of the molecule is BC(F)c1cccc2c1c(=O)c(C(=O)OCC)nn2-c1ccc(OC(B)(F)P)cc1. The lowest BCUT2D eigenvalue weighted by Crippen LogP contribution is -2.25. The van der Waals surface area contributed by atoms with E-state index in [1.165, 1.54) is 38.6 Å². The summed E-state index contributed by atoms with van der Waals surface area (Å²) in [4.78, 5) is 25.3. The number of esters is 1. The Morgan fingerprint density at radius 3 is 2.53 bits per heavy atom. The van der Waals surface area contributed by atoms with E-state index in [1.54, 1.807) is 31.2 Å². The number of fused-ring (bicyclic) bond motifs is 1. The Kier molecular flexibility index (Phi) is 6.27. The second kappa shape index (κ2) is 8.56. The largest absolute Gasteiger partial charge is 0.464 e. The summed E-state index contributed by atoms with van der Waals surface area (Å²) in [5.41, 5.74) is -2.14. The summed E-state index contributed by atoms with van der Waals surface area (Å²) < 4.78 is 39.4. The van der Waals surface area contributed by atoms with E-state index in [-0.39, 0.29) is 23.3 Å². The van der Waals surface area contributed by atoms with Crippen molar-refractivity contribution in [1.82, 2.24) is 9.78 Å². The minimum atomic E-state index is -1.94. The van der Waals surface area contributed by atoms with Crippen molar-refractivity contribution >= 4 is 41.8 Å². The molecule has 0 spiro atoms. The van der Waals surface area contributed by atoms with Crippen molar-refractivity contribution in [2.24, 2.45) is 0 Å². The molecule has 3 atom stereocenters. The van der Waals surface area contributed by atoms with Crippen molar-refractivity contribution in [1.29, 1.82) is 0 Å². The molecular weight excluding hydrogens is 411 g/mol. The molecule has 0 fully saturated rings. The van der Waals surface area contributed by atoms with E-state index in [0.29, 0.717) is 11.2 Å². The summed E-state index contributed by atoms with van der Waals surface area (Å²) >= 11 is 0. The van der Waals surface area contributed by atoms with Crippen molar-refractivity contribution in [2.45, 2.75) is 18.5 Å². The minimum Gasteiger partial charge on any atom is -0.464 e. The fourth-order valence-corrected chi connectivity index (χ4v) is 3.18. The van der Waals surface area contributed by atoms with Crippen LogP contribution in [0.3, 0.4) is 0 Å². The van der Waals surface area contributed by atoms with Crippen molar-refractivity contribution in [2.75, 3.05) is 6.61 Å². The number of carbonyl (C=O) groups is 1. The van der Waals surface area contributed by atoms with E-state index in [0.717, 1.165) is 0 Å². The highest BCUT2D eigenvalue weighted by atomic mass is 31.0. The van der Waals surface area contributed by atoms with Gasteiger partial charge in [0.15, 0.2) is 7.85 Å². The Morgan fingerprint density at radius 1 is 1.30 bits per heavy atom. The molecule has 0 aliphatic carbocycles. The van der Waals surface area contributed by atoms with Crippen molar-refractivity contribution < 1.29 is 23.0 Å². The molecular formula is C19H19B2F2N2O4P. The van der Waals surface area contributed by atoms with Gasteiger partial charge in [0.25, 0.3) is 0 Å². The van der Waals surface area contributed by atoms with Crippen LogP contribution in [0.1, 0.15) is 29.0 Å². The molecule has 3 unspecified atom stereocenters. The zero-order valence-corrected chi connectivity index (χ0v) is 17.8. The van der Waals surface area contributed by atoms with E-state index in [2.05, 4.69) is 5.10 Å². The molecule has 0 N–H and O–H groups in total. The van der Waals surface area contributed by atoms with Crippen molar-refractivity contribution in [3.05, 3.63) is 63.9 Å². The van der Waals surface area contributed by atoms with E-state index in [1.807, 2.05) is 9.24 Å². The molecule has 3 aromatic rings.